The van der Waals surface area contributed by atoms with Crippen LogP contribution < -0.4 is 0 Å². The van der Waals surface area contributed by atoms with Crippen molar-refractivity contribution in [1.29, 1.82) is 0 Å². The molecule has 0 spiro atoms. The summed E-state index contributed by atoms with van der Waals surface area (Å²) in [5.74, 6) is -0.217. The van der Waals surface area contributed by atoms with Gasteiger partial charge in [-0.3, -0.25) is 0 Å². The maximum absolute atomic E-state index is 11.0. The lowest BCUT2D eigenvalue weighted by Gasteiger charge is -2.35. The van der Waals surface area contributed by atoms with Crippen molar-refractivity contribution in [3.8, 4) is 0 Å². The minimum absolute atomic E-state index is 0.00430. The summed E-state index contributed by atoms with van der Waals surface area (Å²) in [7, 11) is 0. The Labute approximate surface area is 183 Å². The topological polar surface area (TPSA) is 99.4 Å². The third-order valence-electron chi connectivity index (χ3n) is 7.44. The van der Waals surface area contributed by atoms with E-state index in [1.54, 1.807) is 13.8 Å². The number of rotatable bonds is 11. The summed E-state index contributed by atoms with van der Waals surface area (Å²) in [5.41, 5.74) is -1.17. The van der Waals surface area contributed by atoms with Gasteiger partial charge in [-0.05, 0) is 52.4 Å². The molecule has 0 radical (unpaired) electrons. The van der Waals surface area contributed by atoms with Crippen LogP contribution in [0, 0.1) is 17.8 Å². The first-order valence-corrected chi connectivity index (χ1v) is 12.0. The van der Waals surface area contributed by atoms with E-state index in [2.05, 4.69) is 6.92 Å². The molecular formula is C24H46O6. The fourth-order valence-corrected chi connectivity index (χ4v) is 5.28. The van der Waals surface area contributed by atoms with Crippen molar-refractivity contribution in [1.82, 2.24) is 0 Å². The molecule has 2 rings (SSSR count). The van der Waals surface area contributed by atoms with E-state index in [9.17, 15) is 20.4 Å². The molecule has 2 aliphatic rings. The second-order valence-electron chi connectivity index (χ2n) is 10.5. The quantitative estimate of drug-likeness (QED) is 0.402. The Hall–Kier alpha value is -0.240. The van der Waals surface area contributed by atoms with Crippen LogP contribution in [0.25, 0.3) is 0 Å². The molecule has 178 valence electrons. The van der Waals surface area contributed by atoms with Crippen LogP contribution in [-0.4, -0.2) is 68.8 Å². The maximum Gasteiger partial charge on any atom is 0.0871 e. The van der Waals surface area contributed by atoms with Crippen LogP contribution >= 0.6 is 0 Å². The van der Waals surface area contributed by atoms with Gasteiger partial charge in [0.2, 0.25) is 0 Å². The van der Waals surface area contributed by atoms with Crippen LogP contribution in [0.4, 0.5) is 0 Å². The van der Waals surface area contributed by atoms with Gasteiger partial charge in [-0.2, -0.15) is 0 Å². The maximum atomic E-state index is 11.0. The van der Waals surface area contributed by atoms with Gasteiger partial charge in [0.05, 0.1) is 48.3 Å². The number of ether oxygens (including phenoxy) is 2. The summed E-state index contributed by atoms with van der Waals surface area (Å²) in [4.78, 5) is 0. The van der Waals surface area contributed by atoms with Crippen LogP contribution in [0.5, 0.6) is 0 Å². The van der Waals surface area contributed by atoms with Crippen LogP contribution in [0.3, 0.4) is 0 Å². The fraction of sp³-hybridized carbons (Fsp3) is 1.00. The van der Waals surface area contributed by atoms with Gasteiger partial charge in [-0.25, -0.2) is 0 Å². The predicted octanol–water partition coefficient (Wildman–Crippen LogP) is 3.03. The lowest BCUT2D eigenvalue weighted by molar-refractivity contribution is -0.123. The second-order valence-corrected chi connectivity index (χ2v) is 10.5. The molecular weight excluding hydrogens is 384 g/mol. The third-order valence-corrected chi connectivity index (χ3v) is 7.44. The van der Waals surface area contributed by atoms with Crippen LogP contribution in [0.15, 0.2) is 0 Å². The minimum atomic E-state index is -1.17. The molecule has 0 aromatic heterocycles. The first-order chi connectivity index (χ1) is 14.0. The Morgan fingerprint density at radius 1 is 0.833 bits per heavy atom. The second kappa shape index (κ2) is 11.1. The highest BCUT2D eigenvalue weighted by molar-refractivity contribution is 4.92. The van der Waals surface area contributed by atoms with Gasteiger partial charge in [0.25, 0.3) is 0 Å². The van der Waals surface area contributed by atoms with Crippen molar-refractivity contribution in [2.75, 3.05) is 0 Å². The zero-order valence-electron chi connectivity index (χ0n) is 19.8. The van der Waals surface area contributed by atoms with Crippen molar-refractivity contribution < 1.29 is 29.9 Å². The van der Waals surface area contributed by atoms with Crippen molar-refractivity contribution in [3.63, 3.8) is 0 Å². The Morgan fingerprint density at radius 2 is 1.33 bits per heavy atom. The molecule has 10 atom stereocenters. The third kappa shape index (κ3) is 6.63. The highest BCUT2D eigenvalue weighted by Crippen LogP contribution is 2.37. The zero-order valence-corrected chi connectivity index (χ0v) is 19.8. The zero-order chi connectivity index (χ0) is 22.6. The summed E-state index contributed by atoms with van der Waals surface area (Å²) in [6.07, 6.45) is 4.19. The van der Waals surface area contributed by atoms with Gasteiger partial charge in [0.15, 0.2) is 0 Å². The van der Waals surface area contributed by atoms with E-state index in [4.69, 9.17) is 9.47 Å². The minimum Gasteiger partial charge on any atom is -0.393 e. The number of hydrogen-bond acceptors (Lipinski definition) is 6. The fourth-order valence-electron chi connectivity index (χ4n) is 5.28. The summed E-state index contributed by atoms with van der Waals surface area (Å²) in [5, 5.41) is 41.6. The summed E-state index contributed by atoms with van der Waals surface area (Å²) in [6.45, 7) is 11.3. The van der Waals surface area contributed by atoms with Crippen LogP contribution in [-0.2, 0) is 9.47 Å². The van der Waals surface area contributed by atoms with Crippen LogP contribution in [0.2, 0.25) is 0 Å². The molecule has 1 unspecified atom stereocenters. The number of aliphatic hydroxyl groups is 4. The van der Waals surface area contributed by atoms with Gasteiger partial charge in [0.1, 0.15) is 0 Å². The summed E-state index contributed by atoms with van der Waals surface area (Å²) >= 11 is 0. The molecule has 6 heteroatoms. The first kappa shape index (κ1) is 26.0. The monoisotopic (exact) mass is 430 g/mol. The van der Waals surface area contributed by atoms with E-state index in [1.165, 1.54) is 0 Å². The molecule has 0 bridgehead atoms. The van der Waals surface area contributed by atoms with Crippen molar-refractivity contribution >= 4 is 0 Å². The largest absolute Gasteiger partial charge is 0.393 e. The smallest absolute Gasteiger partial charge is 0.0871 e. The van der Waals surface area contributed by atoms with Gasteiger partial charge in [0, 0.05) is 17.8 Å². The van der Waals surface area contributed by atoms with Gasteiger partial charge in [-0.1, -0.05) is 34.1 Å². The standard InChI is InChI=1S/C24H46O6/c1-7-8-17(25)13-18-9-10-19(29-18)14(2)22(26)15(3)20-11-12-21(30-20)16(4)23(27)24(5,6)28/h14-23,25-28H,7-13H2,1-6H3/t14-,15-,16+,17+,18+,19-,20+,21-,22+,23?/m1/s1. The average Bonchev–Trinajstić information content (AvgIpc) is 3.34. The van der Waals surface area contributed by atoms with Crippen LogP contribution in [0.1, 0.15) is 86.5 Å². The summed E-state index contributed by atoms with van der Waals surface area (Å²) in [6, 6.07) is 0. The molecule has 0 saturated carbocycles. The first-order valence-electron chi connectivity index (χ1n) is 12.0. The highest BCUT2D eigenvalue weighted by atomic mass is 16.5. The molecule has 0 amide bonds. The Bertz CT molecular complexity index is 506. The van der Waals surface area contributed by atoms with Gasteiger partial charge >= 0.3 is 0 Å². The van der Waals surface area contributed by atoms with E-state index in [-0.39, 0.29) is 48.3 Å². The predicted molar refractivity (Wildman–Crippen MR) is 117 cm³/mol. The van der Waals surface area contributed by atoms with Crippen molar-refractivity contribution in [2.24, 2.45) is 17.8 Å². The van der Waals surface area contributed by atoms with E-state index >= 15 is 0 Å². The Balaban J connectivity index is 1.85. The normalized spacial score (nSPS) is 33.8. The SMILES string of the molecule is CCC[C@H](O)C[C@@H]1CC[C@H]([C@@H](C)[C@H](O)[C@H](C)[C@@H]2CC[C@H]([C@H](C)C(O)C(C)(C)O)O2)O1. The van der Waals surface area contributed by atoms with Crippen molar-refractivity contribution in [3.05, 3.63) is 0 Å². The number of hydrogen-bond donors (Lipinski definition) is 4. The molecule has 0 aromatic rings. The van der Waals surface area contributed by atoms with Gasteiger partial charge in [-0.15, -0.1) is 0 Å². The molecule has 0 aliphatic carbocycles. The van der Waals surface area contributed by atoms with E-state index in [1.807, 2.05) is 20.8 Å². The average molecular weight is 431 g/mol. The molecule has 30 heavy (non-hydrogen) atoms. The van der Waals surface area contributed by atoms with Gasteiger partial charge < -0.3 is 29.9 Å². The Kier molecular flexibility index (Phi) is 9.59. The molecule has 2 aliphatic heterocycles. The van der Waals surface area contributed by atoms with E-state index in [0.717, 1.165) is 38.5 Å². The lowest BCUT2D eigenvalue weighted by atomic mass is 9.84. The highest BCUT2D eigenvalue weighted by Gasteiger charge is 2.43. The van der Waals surface area contributed by atoms with E-state index < -0.39 is 17.8 Å². The molecule has 2 fully saturated rings. The molecule has 2 saturated heterocycles. The lowest BCUT2D eigenvalue weighted by Crippen LogP contribution is -2.45. The molecule has 4 N–H and O–H groups in total. The molecule has 0 aromatic carbocycles. The Morgan fingerprint density at radius 3 is 1.87 bits per heavy atom. The molecule has 6 nitrogen and oxygen atoms in total. The van der Waals surface area contributed by atoms with E-state index in [0.29, 0.717) is 6.42 Å². The van der Waals surface area contributed by atoms with Crippen molar-refractivity contribution in [2.45, 2.75) is 135 Å². The molecule has 2 heterocycles. The number of aliphatic hydroxyl groups excluding tert-OH is 3. The summed E-state index contributed by atoms with van der Waals surface area (Å²) < 4.78 is 12.4.